The van der Waals surface area contributed by atoms with Crippen molar-refractivity contribution in [3.05, 3.63) is 71.6 Å². The van der Waals surface area contributed by atoms with Crippen LogP contribution in [0.25, 0.3) is 16.6 Å². The van der Waals surface area contributed by atoms with Crippen LogP contribution >= 0.6 is 11.9 Å². The number of aliphatic imine (C=N–C) groups is 1. The number of amidine groups is 1. The van der Waals surface area contributed by atoms with Gasteiger partial charge in [-0.25, -0.2) is 0 Å². The molecule has 3 heterocycles. The van der Waals surface area contributed by atoms with Crippen molar-refractivity contribution >= 4 is 40.4 Å². The van der Waals surface area contributed by atoms with E-state index in [-0.39, 0.29) is 5.91 Å². The van der Waals surface area contributed by atoms with Gasteiger partial charge in [-0.05, 0) is 68.8 Å². The van der Waals surface area contributed by atoms with E-state index in [1.807, 2.05) is 24.8 Å². The van der Waals surface area contributed by atoms with Crippen LogP contribution in [0.15, 0.2) is 69.1 Å². The highest BCUT2D eigenvalue weighted by atomic mass is 32.2. The number of nitrogens with zero attached hydrogens (tertiary/aromatic N) is 4. The van der Waals surface area contributed by atoms with E-state index >= 15 is 0 Å². The lowest BCUT2D eigenvalue weighted by Gasteiger charge is -2.22. The molecule has 2 aromatic carbocycles. The molecule has 1 aliphatic heterocycles. The van der Waals surface area contributed by atoms with Crippen molar-refractivity contribution < 1.29 is 9.32 Å². The van der Waals surface area contributed by atoms with Gasteiger partial charge in [-0.15, -0.1) is 0 Å². The third kappa shape index (κ3) is 4.65. The quantitative estimate of drug-likeness (QED) is 0.221. The van der Waals surface area contributed by atoms with E-state index in [1.165, 1.54) is 11.9 Å². The average molecular weight is 542 g/mol. The number of unbranched alkanes of at least 4 members (excludes halogenated alkanes) is 1. The van der Waals surface area contributed by atoms with Crippen molar-refractivity contribution in [2.24, 2.45) is 4.99 Å². The summed E-state index contributed by atoms with van der Waals surface area (Å²) < 4.78 is 10.9. The van der Waals surface area contributed by atoms with E-state index in [4.69, 9.17) is 9.52 Å². The molecule has 0 radical (unpaired) electrons. The largest absolute Gasteiger partial charge is 0.359 e. The number of para-hydroxylation sites is 2. The normalized spacial score (nSPS) is 16.5. The number of carbonyl (C=O) groups is 1. The third-order valence-electron chi connectivity index (χ3n) is 8.15. The molecule has 1 fully saturated rings. The van der Waals surface area contributed by atoms with E-state index in [2.05, 4.69) is 70.0 Å². The summed E-state index contributed by atoms with van der Waals surface area (Å²) in [4.78, 5) is 22.0. The van der Waals surface area contributed by atoms with Gasteiger partial charge in [0.25, 0.3) is 5.91 Å². The molecule has 0 saturated heterocycles. The van der Waals surface area contributed by atoms with Crippen LogP contribution in [-0.4, -0.2) is 31.9 Å². The van der Waals surface area contributed by atoms with E-state index in [9.17, 15) is 4.79 Å². The summed E-state index contributed by atoms with van der Waals surface area (Å²) in [7, 11) is 0. The van der Waals surface area contributed by atoms with Crippen molar-refractivity contribution in [2.75, 3.05) is 4.72 Å². The van der Waals surface area contributed by atoms with Crippen molar-refractivity contribution in [2.45, 2.75) is 82.7 Å². The number of rotatable bonds is 9. The lowest BCUT2D eigenvalue weighted by atomic mass is 9.98. The number of hydrogen-bond acceptors (Lipinski definition) is 6. The smallest absolute Gasteiger partial charge is 0.256 e. The lowest BCUT2D eigenvalue weighted by Crippen LogP contribution is -2.40. The number of amides is 1. The van der Waals surface area contributed by atoms with Crippen LogP contribution in [0, 0.1) is 13.8 Å². The summed E-state index contributed by atoms with van der Waals surface area (Å²) in [5.41, 5.74) is 3.80. The maximum Gasteiger partial charge on any atom is 0.256 e. The summed E-state index contributed by atoms with van der Waals surface area (Å²) in [5, 5.41) is 5.30. The molecule has 1 amide bonds. The van der Waals surface area contributed by atoms with Crippen LogP contribution in [0.4, 0.5) is 5.82 Å². The standard InChI is InChI=1S/C31H35N5O2S/c1-4-5-16-28-32-31(17-10-11-18-31)30(37)36(28)20-23-19-35(25-13-7-6-12-24(23)25)26-14-8-9-15-27(26)39-34-29-21(2)22(3)38-33-29/h6-9,12-15,19H,4-5,10-11,16-18,20H2,1-3H3,(H,33,34). The van der Waals surface area contributed by atoms with Crippen LogP contribution in [0.2, 0.25) is 0 Å². The molecule has 1 N–H and O–H groups in total. The number of anilines is 1. The molecule has 4 aromatic rings. The Bertz CT molecular complexity index is 1550. The van der Waals surface area contributed by atoms with Crippen LogP contribution in [0.1, 0.15) is 68.8 Å². The van der Waals surface area contributed by atoms with Crippen molar-refractivity contribution in [3.63, 3.8) is 0 Å². The molecule has 2 aliphatic rings. The van der Waals surface area contributed by atoms with Gasteiger partial charge in [0, 0.05) is 23.6 Å². The zero-order valence-corrected chi connectivity index (χ0v) is 23.7. The highest BCUT2D eigenvalue weighted by Crippen LogP contribution is 2.41. The Hall–Kier alpha value is -3.52. The molecule has 0 unspecified atom stereocenters. The minimum absolute atomic E-state index is 0.196. The fourth-order valence-electron chi connectivity index (χ4n) is 5.80. The van der Waals surface area contributed by atoms with E-state index in [0.29, 0.717) is 6.54 Å². The summed E-state index contributed by atoms with van der Waals surface area (Å²) >= 11 is 1.52. The molecular weight excluding hydrogens is 506 g/mol. The number of benzene rings is 2. The van der Waals surface area contributed by atoms with Gasteiger partial charge in [0.15, 0.2) is 5.82 Å². The zero-order valence-electron chi connectivity index (χ0n) is 22.9. The first-order chi connectivity index (χ1) is 19.0. The Morgan fingerprint density at radius 2 is 1.85 bits per heavy atom. The van der Waals surface area contributed by atoms with Gasteiger partial charge >= 0.3 is 0 Å². The molecule has 1 saturated carbocycles. The Labute approximate surface area is 233 Å². The monoisotopic (exact) mass is 541 g/mol. The topological polar surface area (TPSA) is 75.7 Å². The van der Waals surface area contributed by atoms with Gasteiger partial charge in [-0.2, -0.15) is 0 Å². The van der Waals surface area contributed by atoms with Crippen LogP contribution in [0.3, 0.4) is 0 Å². The SMILES string of the molecule is CCCCC1=NC2(CCCC2)C(=O)N1Cc1cn(-c2ccccc2SNc2noc(C)c2C)c2ccccc12. The van der Waals surface area contributed by atoms with E-state index in [1.54, 1.807) is 0 Å². The number of nitrogens with one attached hydrogen (secondary N) is 1. The molecule has 1 aliphatic carbocycles. The minimum atomic E-state index is -0.520. The van der Waals surface area contributed by atoms with Gasteiger partial charge < -0.3 is 13.8 Å². The molecular formula is C31H35N5O2S. The van der Waals surface area contributed by atoms with E-state index < -0.39 is 5.54 Å². The Morgan fingerprint density at radius 3 is 2.62 bits per heavy atom. The molecule has 0 atom stereocenters. The first-order valence-corrected chi connectivity index (χ1v) is 14.8. The maximum atomic E-state index is 13.8. The molecule has 7 nitrogen and oxygen atoms in total. The minimum Gasteiger partial charge on any atom is -0.359 e. The molecule has 6 rings (SSSR count). The molecule has 0 bridgehead atoms. The highest BCUT2D eigenvalue weighted by molar-refractivity contribution is 8.00. The Morgan fingerprint density at radius 1 is 1.08 bits per heavy atom. The van der Waals surface area contributed by atoms with Crippen LogP contribution in [-0.2, 0) is 11.3 Å². The molecule has 202 valence electrons. The van der Waals surface area contributed by atoms with Gasteiger partial charge in [-0.3, -0.25) is 14.7 Å². The Kier molecular flexibility index (Phi) is 6.97. The zero-order chi connectivity index (χ0) is 27.0. The molecule has 8 heteroatoms. The van der Waals surface area contributed by atoms with Crippen molar-refractivity contribution in [1.29, 1.82) is 0 Å². The second-order valence-electron chi connectivity index (χ2n) is 10.7. The van der Waals surface area contributed by atoms with Crippen molar-refractivity contribution in [1.82, 2.24) is 14.6 Å². The fraction of sp³-hybridized carbons (Fsp3) is 0.387. The van der Waals surface area contributed by atoms with Gasteiger partial charge in [-0.1, -0.05) is 61.7 Å². The summed E-state index contributed by atoms with van der Waals surface area (Å²) in [6.07, 6.45) is 9.10. The second kappa shape index (κ2) is 10.6. The lowest BCUT2D eigenvalue weighted by molar-refractivity contribution is -0.131. The van der Waals surface area contributed by atoms with Gasteiger partial charge in [0.1, 0.15) is 17.1 Å². The van der Waals surface area contributed by atoms with Crippen LogP contribution in [0.5, 0.6) is 0 Å². The van der Waals surface area contributed by atoms with Gasteiger partial charge in [0.05, 0.1) is 22.6 Å². The van der Waals surface area contributed by atoms with Gasteiger partial charge in [0.2, 0.25) is 0 Å². The van der Waals surface area contributed by atoms with Crippen LogP contribution < -0.4 is 4.72 Å². The average Bonchev–Trinajstić information content (AvgIpc) is 3.71. The predicted molar refractivity (Wildman–Crippen MR) is 157 cm³/mol. The second-order valence-corrected chi connectivity index (χ2v) is 11.5. The number of carbonyl (C=O) groups excluding carboxylic acids is 1. The summed E-state index contributed by atoms with van der Waals surface area (Å²) in [5.74, 6) is 2.71. The third-order valence-corrected chi connectivity index (χ3v) is 9.01. The summed E-state index contributed by atoms with van der Waals surface area (Å²) in [6.45, 7) is 6.65. The van der Waals surface area contributed by atoms with E-state index in [0.717, 1.165) is 95.0 Å². The first-order valence-electron chi connectivity index (χ1n) is 14.0. The number of fused-ring (bicyclic) bond motifs is 1. The highest BCUT2D eigenvalue weighted by Gasteiger charge is 2.49. The fourth-order valence-corrected chi connectivity index (χ4v) is 6.62. The predicted octanol–water partition coefficient (Wildman–Crippen LogP) is 7.60. The summed E-state index contributed by atoms with van der Waals surface area (Å²) in [6, 6.07) is 16.8. The Balaban J connectivity index is 1.34. The maximum absolute atomic E-state index is 13.8. The number of hydrogen-bond donors (Lipinski definition) is 1. The number of aromatic nitrogens is 2. The number of aryl methyl sites for hydroxylation is 1. The molecule has 39 heavy (non-hydrogen) atoms. The molecule has 1 spiro atoms. The van der Waals surface area contributed by atoms with Crippen molar-refractivity contribution in [3.8, 4) is 5.69 Å². The molecule has 2 aromatic heterocycles. The first kappa shape index (κ1) is 25.7.